The van der Waals surface area contributed by atoms with Crippen molar-refractivity contribution in [3.8, 4) is 5.75 Å². The SMILES string of the molecule is CCN1CCc2nc(NC(=O)c3ccc(OC)cc3)sc2C1.Cl. The zero-order chi connectivity index (χ0) is 15.5. The zero-order valence-corrected chi connectivity index (χ0v) is 14.8. The summed E-state index contributed by atoms with van der Waals surface area (Å²) in [5.74, 6) is 0.599. The van der Waals surface area contributed by atoms with Gasteiger partial charge < -0.3 is 4.74 Å². The lowest BCUT2D eigenvalue weighted by atomic mass is 10.2. The van der Waals surface area contributed by atoms with Crippen LogP contribution < -0.4 is 10.1 Å². The van der Waals surface area contributed by atoms with Gasteiger partial charge in [-0.05, 0) is 30.8 Å². The molecule has 23 heavy (non-hydrogen) atoms. The van der Waals surface area contributed by atoms with Gasteiger partial charge in [-0.2, -0.15) is 0 Å². The number of benzene rings is 1. The van der Waals surface area contributed by atoms with Crippen LogP contribution in [0.2, 0.25) is 0 Å². The molecule has 0 fully saturated rings. The number of carbonyl (C=O) groups excluding carboxylic acids is 1. The molecule has 0 spiro atoms. The second-order valence-electron chi connectivity index (χ2n) is 5.19. The number of methoxy groups -OCH3 is 1. The molecule has 7 heteroatoms. The van der Waals surface area contributed by atoms with Crippen LogP contribution in [0.1, 0.15) is 27.9 Å². The molecule has 0 unspecified atom stereocenters. The molecule has 1 aromatic heterocycles. The smallest absolute Gasteiger partial charge is 0.257 e. The molecular weight excluding hydrogens is 334 g/mol. The number of aromatic nitrogens is 1. The zero-order valence-electron chi connectivity index (χ0n) is 13.2. The van der Waals surface area contributed by atoms with E-state index in [1.165, 1.54) is 4.88 Å². The molecule has 0 saturated carbocycles. The standard InChI is InChI=1S/C16H19N3O2S.ClH/c1-3-19-9-8-13-14(10-19)22-16(17-13)18-15(20)11-4-6-12(21-2)7-5-11;/h4-7H,3,8-10H2,1-2H3,(H,17,18,20);1H. The highest BCUT2D eigenvalue weighted by molar-refractivity contribution is 7.15. The summed E-state index contributed by atoms with van der Waals surface area (Å²) in [5, 5.41) is 3.58. The molecule has 1 aliphatic rings. The number of nitrogens with zero attached hydrogens (tertiary/aromatic N) is 2. The summed E-state index contributed by atoms with van der Waals surface area (Å²) in [6, 6.07) is 7.06. The minimum Gasteiger partial charge on any atom is -0.497 e. The van der Waals surface area contributed by atoms with Gasteiger partial charge in [0.15, 0.2) is 5.13 Å². The lowest BCUT2D eigenvalue weighted by Gasteiger charge is -2.23. The first-order valence-corrected chi connectivity index (χ1v) is 8.17. The molecule has 5 nitrogen and oxygen atoms in total. The van der Waals surface area contributed by atoms with Crippen molar-refractivity contribution in [2.24, 2.45) is 0 Å². The molecule has 2 aromatic rings. The Hall–Kier alpha value is -1.63. The molecule has 3 rings (SSSR count). The van der Waals surface area contributed by atoms with E-state index in [4.69, 9.17) is 4.74 Å². The van der Waals surface area contributed by atoms with E-state index in [9.17, 15) is 4.79 Å². The Kier molecular flexibility index (Phi) is 5.98. The van der Waals surface area contributed by atoms with Crippen molar-refractivity contribution in [2.75, 3.05) is 25.5 Å². The van der Waals surface area contributed by atoms with Crippen LogP contribution >= 0.6 is 23.7 Å². The number of halogens is 1. The number of carbonyl (C=O) groups is 1. The number of amides is 1. The third-order valence-corrected chi connectivity index (χ3v) is 4.83. The van der Waals surface area contributed by atoms with Gasteiger partial charge >= 0.3 is 0 Å². The Balaban J connectivity index is 0.00000192. The fourth-order valence-electron chi connectivity index (χ4n) is 2.48. The van der Waals surface area contributed by atoms with E-state index in [0.29, 0.717) is 10.7 Å². The maximum atomic E-state index is 12.3. The van der Waals surface area contributed by atoms with Crippen molar-refractivity contribution in [2.45, 2.75) is 19.9 Å². The van der Waals surface area contributed by atoms with Crippen LogP contribution in [0.4, 0.5) is 5.13 Å². The summed E-state index contributed by atoms with van der Waals surface area (Å²) in [7, 11) is 1.61. The first-order chi connectivity index (χ1) is 10.7. The second kappa shape index (κ2) is 7.77. The number of nitrogens with one attached hydrogen (secondary N) is 1. The van der Waals surface area contributed by atoms with Crippen molar-refractivity contribution in [1.29, 1.82) is 0 Å². The van der Waals surface area contributed by atoms with E-state index < -0.39 is 0 Å². The van der Waals surface area contributed by atoms with Crippen molar-refractivity contribution < 1.29 is 9.53 Å². The van der Waals surface area contributed by atoms with Crippen LogP contribution in [0.15, 0.2) is 24.3 Å². The Morgan fingerprint density at radius 1 is 1.39 bits per heavy atom. The average Bonchev–Trinajstić information content (AvgIpc) is 2.95. The molecule has 1 aromatic carbocycles. The number of hydrogen-bond donors (Lipinski definition) is 1. The summed E-state index contributed by atoms with van der Waals surface area (Å²) in [6.45, 7) is 5.18. The van der Waals surface area contributed by atoms with Gasteiger partial charge in [0, 0.05) is 30.0 Å². The summed E-state index contributed by atoms with van der Waals surface area (Å²) >= 11 is 1.58. The van der Waals surface area contributed by atoms with Gasteiger partial charge in [0.2, 0.25) is 0 Å². The molecule has 0 atom stereocenters. The van der Waals surface area contributed by atoms with Crippen LogP contribution in [0, 0.1) is 0 Å². The molecule has 124 valence electrons. The first kappa shape index (κ1) is 17.7. The topological polar surface area (TPSA) is 54.5 Å². The lowest BCUT2D eigenvalue weighted by Crippen LogP contribution is -2.29. The highest BCUT2D eigenvalue weighted by Gasteiger charge is 2.20. The number of hydrogen-bond acceptors (Lipinski definition) is 5. The second-order valence-corrected chi connectivity index (χ2v) is 6.27. The van der Waals surface area contributed by atoms with Crippen molar-refractivity contribution in [1.82, 2.24) is 9.88 Å². The molecule has 0 aliphatic carbocycles. The lowest BCUT2D eigenvalue weighted by molar-refractivity contribution is 0.102. The van der Waals surface area contributed by atoms with E-state index in [2.05, 4.69) is 22.1 Å². The number of fused-ring (bicyclic) bond motifs is 1. The van der Waals surface area contributed by atoms with Crippen LogP contribution in [0.5, 0.6) is 5.75 Å². The summed E-state index contributed by atoms with van der Waals surface area (Å²) in [6.07, 6.45) is 0.956. The summed E-state index contributed by atoms with van der Waals surface area (Å²) < 4.78 is 5.10. The number of anilines is 1. The van der Waals surface area contributed by atoms with Gasteiger partial charge in [-0.1, -0.05) is 6.92 Å². The third-order valence-electron chi connectivity index (χ3n) is 3.83. The molecular formula is C16H20ClN3O2S. The van der Waals surface area contributed by atoms with Crippen molar-refractivity contribution in [3.63, 3.8) is 0 Å². The molecule has 0 radical (unpaired) electrons. The Bertz CT molecular complexity index is 672. The minimum atomic E-state index is -0.138. The van der Waals surface area contributed by atoms with Gasteiger partial charge in [0.05, 0.1) is 12.8 Å². The van der Waals surface area contributed by atoms with E-state index in [-0.39, 0.29) is 18.3 Å². The normalized spacial score (nSPS) is 13.8. The summed E-state index contributed by atoms with van der Waals surface area (Å²) in [4.78, 5) is 20.5. The third kappa shape index (κ3) is 4.02. The largest absolute Gasteiger partial charge is 0.497 e. The quantitative estimate of drug-likeness (QED) is 0.917. The van der Waals surface area contributed by atoms with E-state index >= 15 is 0 Å². The fraction of sp³-hybridized carbons (Fsp3) is 0.375. The maximum Gasteiger partial charge on any atom is 0.257 e. The fourth-order valence-corrected chi connectivity index (χ4v) is 3.53. The average molecular weight is 354 g/mol. The molecule has 1 amide bonds. The first-order valence-electron chi connectivity index (χ1n) is 7.36. The van der Waals surface area contributed by atoms with Gasteiger partial charge in [-0.3, -0.25) is 15.0 Å². The van der Waals surface area contributed by atoms with Gasteiger partial charge in [-0.25, -0.2) is 4.98 Å². The molecule has 1 N–H and O–H groups in total. The minimum absolute atomic E-state index is 0. The maximum absolute atomic E-state index is 12.3. The van der Waals surface area contributed by atoms with Crippen molar-refractivity contribution >= 4 is 34.8 Å². The predicted molar refractivity (Wildman–Crippen MR) is 95.0 cm³/mol. The van der Waals surface area contributed by atoms with E-state index in [1.54, 1.807) is 42.7 Å². The molecule has 0 bridgehead atoms. The van der Waals surface area contributed by atoms with E-state index in [1.807, 2.05) is 0 Å². The van der Waals surface area contributed by atoms with Crippen LogP contribution in [-0.4, -0.2) is 36.0 Å². The van der Waals surface area contributed by atoms with Gasteiger partial charge in [-0.15, -0.1) is 23.7 Å². The van der Waals surface area contributed by atoms with E-state index in [0.717, 1.165) is 37.5 Å². The Morgan fingerprint density at radius 2 is 2.13 bits per heavy atom. The van der Waals surface area contributed by atoms with Crippen LogP contribution in [0.25, 0.3) is 0 Å². The number of thiazole rings is 1. The van der Waals surface area contributed by atoms with Gasteiger partial charge in [0.25, 0.3) is 5.91 Å². The van der Waals surface area contributed by atoms with Crippen molar-refractivity contribution in [3.05, 3.63) is 40.4 Å². The predicted octanol–water partition coefficient (Wildman–Crippen LogP) is 3.20. The molecule has 2 heterocycles. The highest BCUT2D eigenvalue weighted by Crippen LogP contribution is 2.28. The monoisotopic (exact) mass is 353 g/mol. The number of rotatable bonds is 4. The molecule has 1 aliphatic heterocycles. The van der Waals surface area contributed by atoms with Crippen LogP contribution in [0.3, 0.4) is 0 Å². The number of likely N-dealkylation sites (N-methyl/N-ethyl adjacent to an activating group) is 1. The van der Waals surface area contributed by atoms with Crippen LogP contribution in [-0.2, 0) is 13.0 Å². The van der Waals surface area contributed by atoms with Gasteiger partial charge in [0.1, 0.15) is 5.75 Å². The number of ether oxygens (including phenoxy) is 1. The highest BCUT2D eigenvalue weighted by atomic mass is 35.5. The summed E-state index contributed by atoms with van der Waals surface area (Å²) in [5.41, 5.74) is 1.73. The molecule has 0 saturated heterocycles. The Morgan fingerprint density at radius 3 is 2.78 bits per heavy atom. The Labute approximate surface area is 146 Å².